The lowest BCUT2D eigenvalue weighted by atomic mass is 10.1. The van der Waals surface area contributed by atoms with Crippen molar-refractivity contribution in [2.24, 2.45) is 0 Å². The van der Waals surface area contributed by atoms with E-state index in [4.69, 9.17) is 11.6 Å². The summed E-state index contributed by atoms with van der Waals surface area (Å²) in [5.41, 5.74) is -0.585. The van der Waals surface area contributed by atoms with Gasteiger partial charge in [-0.2, -0.15) is 13.2 Å². The highest BCUT2D eigenvalue weighted by Crippen LogP contribution is 2.29. The zero-order chi connectivity index (χ0) is 25.3. The fraction of sp³-hybridized carbons (Fsp3) is 0.160. The highest BCUT2D eigenvalue weighted by Gasteiger charge is 2.30. The van der Waals surface area contributed by atoms with Gasteiger partial charge in [0.25, 0.3) is 5.56 Å². The molecule has 180 valence electrons. The van der Waals surface area contributed by atoms with E-state index in [2.05, 4.69) is 5.32 Å². The predicted octanol–water partition coefficient (Wildman–Crippen LogP) is 4.45. The number of benzene rings is 3. The highest BCUT2D eigenvalue weighted by molar-refractivity contribution is 6.30. The van der Waals surface area contributed by atoms with Crippen molar-refractivity contribution < 1.29 is 18.0 Å². The SMILES string of the molecule is Cc1ccc2c(c1)c(=O)n(-c1cccc(Cl)c1)c(=O)n2CC(=O)NCc1cccc(C(F)(F)F)c1. The first-order valence-electron chi connectivity index (χ1n) is 10.5. The molecule has 0 saturated heterocycles. The Balaban J connectivity index is 1.70. The topological polar surface area (TPSA) is 73.1 Å². The number of nitrogens with one attached hydrogen (secondary N) is 1. The molecule has 1 N–H and O–H groups in total. The van der Waals surface area contributed by atoms with Crippen LogP contribution in [0.15, 0.2) is 76.3 Å². The molecular formula is C25H19ClF3N3O3. The minimum absolute atomic E-state index is 0.164. The molecule has 0 atom stereocenters. The molecule has 10 heteroatoms. The van der Waals surface area contributed by atoms with Gasteiger partial charge in [0.2, 0.25) is 5.91 Å². The molecule has 0 fully saturated rings. The van der Waals surface area contributed by atoms with E-state index in [0.29, 0.717) is 5.02 Å². The van der Waals surface area contributed by atoms with Gasteiger partial charge in [0.1, 0.15) is 6.54 Å². The van der Waals surface area contributed by atoms with Crippen LogP contribution < -0.4 is 16.6 Å². The molecule has 0 saturated carbocycles. The number of alkyl halides is 3. The molecule has 4 aromatic rings. The summed E-state index contributed by atoms with van der Waals surface area (Å²) in [5.74, 6) is -0.609. The average Bonchev–Trinajstić information content (AvgIpc) is 2.80. The van der Waals surface area contributed by atoms with Crippen molar-refractivity contribution in [2.45, 2.75) is 26.2 Å². The molecule has 0 unspecified atom stereocenters. The van der Waals surface area contributed by atoms with Crippen LogP contribution >= 0.6 is 11.6 Å². The second kappa shape index (κ2) is 9.42. The van der Waals surface area contributed by atoms with Gasteiger partial charge in [0.15, 0.2) is 0 Å². The summed E-state index contributed by atoms with van der Waals surface area (Å²) < 4.78 is 40.9. The maximum absolute atomic E-state index is 13.3. The number of aryl methyl sites for hydroxylation is 1. The Bertz CT molecular complexity index is 1560. The van der Waals surface area contributed by atoms with E-state index in [0.717, 1.165) is 26.8 Å². The summed E-state index contributed by atoms with van der Waals surface area (Å²) in [6.45, 7) is 1.18. The minimum Gasteiger partial charge on any atom is -0.350 e. The van der Waals surface area contributed by atoms with Crippen LogP contribution in [0.25, 0.3) is 16.6 Å². The Morgan fingerprint density at radius 3 is 2.46 bits per heavy atom. The predicted molar refractivity (Wildman–Crippen MR) is 127 cm³/mol. The molecule has 1 heterocycles. The molecule has 1 amide bonds. The molecule has 0 bridgehead atoms. The summed E-state index contributed by atoms with van der Waals surface area (Å²) in [4.78, 5) is 39.2. The first-order chi connectivity index (χ1) is 16.5. The smallest absolute Gasteiger partial charge is 0.350 e. The van der Waals surface area contributed by atoms with E-state index in [1.165, 1.54) is 18.2 Å². The van der Waals surface area contributed by atoms with Crippen LogP contribution in [-0.4, -0.2) is 15.0 Å². The molecule has 1 aromatic heterocycles. The summed E-state index contributed by atoms with van der Waals surface area (Å²) in [5, 5.41) is 3.09. The van der Waals surface area contributed by atoms with Crippen molar-refractivity contribution in [3.63, 3.8) is 0 Å². The number of carbonyl (C=O) groups is 1. The van der Waals surface area contributed by atoms with Crippen molar-refractivity contribution in [3.8, 4) is 5.69 Å². The maximum atomic E-state index is 13.3. The van der Waals surface area contributed by atoms with Gasteiger partial charge in [-0.3, -0.25) is 14.2 Å². The lowest BCUT2D eigenvalue weighted by Crippen LogP contribution is -2.41. The van der Waals surface area contributed by atoms with Gasteiger partial charge in [0, 0.05) is 11.6 Å². The number of rotatable bonds is 5. The number of hydrogen-bond acceptors (Lipinski definition) is 3. The monoisotopic (exact) mass is 501 g/mol. The van der Waals surface area contributed by atoms with E-state index in [9.17, 15) is 27.6 Å². The molecule has 0 aliphatic carbocycles. The Morgan fingerprint density at radius 2 is 1.74 bits per heavy atom. The summed E-state index contributed by atoms with van der Waals surface area (Å²) in [6, 6.07) is 15.7. The zero-order valence-electron chi connectivity index (χ0n) is 18.4. The summed E-state index contributed by atoms with van der Waals surface area (Å²) in [7, 11) is 0. The van der Waals surface area contributed by atoms with Gasteiger partial charge in [-0.15, -0.1) is 0 Å². The molecule has 3 aromatic carbocycles. The van der Waals surface area contributed by atoms with E-state index in [1.807, 2.05) is 0 Å². The third-order valence-electron chi connectivity index (χ3n) is 5.41. The molecular weight excluding hydrogens is 483 g/mol. The van der Waals surface area contributed by atoms with Crippen LogP contribution in [0.3, 0.4) is 0 Å². The van der Waals surface area contributed by atoms with Crippen LogP contribution in [0.1, 0.15) is 16.7 Å². The zero-order valence-corrected chi connectivity index (χ0v) is 19.2. The van der Waals surface area contributed by atoms with Gasteiger partial charge in [-0.25, -0.2) is 9.36 Å². The molecule has 0 aliphatic heterocycles. The number of hydrogen-bond donors (Lipinski definition) is 1. The maximum Gasteiger partial charge on any atom is 0.416 e. The number of nitrogens with zero attached hydrogens (tertiary/aromatic N) is 2. The first-order valence-corrected chi connectivity index (χ1v) is 10.9. The van der Waals surface area contributed by atoms with Gasteiger partial charge >= 0.3 is 11.9 Å². The van der Waals surface area contributed by atoms with Crippen molar-refractivity contribution in [2.75, 3.05) is 0 Å². The second-order valence-corrected chi connectivity index (χ2v) is 8.42. The molecule has 6 nitrogen and oxygen atoms in total. The van der Waals surface area contributed by atoms with Gasteiger partial charge in [0.05, 0.1) is 22.2 Å². The molecule has 0 spiro atoms. The van der Waals surface area contributed by atoms with Gasteiger partial charge in [-0.05, 0) is 55.0 Å². The van der Waals surface area contributed by atoms with Crippen LogP contribution in [0.5, 0.6) is 0 Å². The van der Waals surface area contributed by atoms with Crippen LogP contribution in [0.2, 0.25) is 5.02 Å². The largest absolute Gasteiger partial charge is 0.416 e. The number of aromatic nitrogens is 2. The molecule has 0 radical (unpaired) electrons. The Labute approximate surface area is 202 Å². The lowest BCUT2D eigenvalue weighted by molar-refractivity contribution is -0.137. The normalized spacial score (nSPS) is 11.6. The number of amides is 1. The van der Waals surface area contributed by atoms with Crippen molar-refractivity contribution in [1.82, 2.24) is 14.5 Å². The molecule has 4 rings (SSSR count). The summed E-state index contributed by atoms with van der Waals surface area (Å²) in [6.07, 6.45) is -4.50. The second-order valence-electron chi connectivity index (χ2n) is 7.98. The molecule has 35 heavy (non-hydrogen) atoms. The Morgan fingerprint density at radius 1 is 1.00 bits per heavy atom. The quantitative estimate of drug-likeness (QED) is 0.439. The number of halogens is 4. The minimum atomic E-state index is -4.50. The fourth-order valence-electron chi connectivity index (χ4n) is 3.74. The van der Waals surface area contributed by atoms with E-state index in [-0.39, 0.29) is 28.7 Å². The Hall–Kier alpha value is -3.85. The van der Waals surface area contributed by atoms with Crippen LogP contribution in [0, 0.1) is 6.92 Å². The third kappa shape index (κ3) is 5.14. The van der Waals surface area contributed by atoms with Crippen molar-refractivity contribution >= 4 is 28.4 Å². The fourth-order valence-corrected chi connectivity index (χ4v) is 3.93. The standard InChI is InChI=1S/C25H19ClF3N3O3/c1-15-8-9-21-20(10-15)23(34)32(19-7-3-6-18(26)12-19)24(35)31(21)14-22(33)30-13-16-4-2-5-17(11-16)25(27,28)29/h2-12H,13-14H2,1H3,(H,30,33). The van der Waals surface area contributed by atoms with E-state index >= 15 is 0 Å². The van der Waals surface area contributed by atoms with Crippen LogP contribution in [-0.2, 0) is 24.1 Å². The van der Waals surface area contributed by atoms with Crippen LogP contribution in [0.4, 0.5) is 13.2 Å². The Kier molecular flexibility index (Phi) is 6.53. The number of fused-ring (bicyclic) bond motifs is 1. The van der Waals surface area contributed by atoms with Gasteiger partial charge < -0.3 is 5.32 Å². The first kappa shape index (κ1) is 24.3. The third-order valence-corrected chi connectivity index (χ3v) is 5.65. The average molecular weight is 502 g/mol. The van der Waals surface area contributed by atoms with Gasteiger partial charge in [-0.1, -0.05) is 41.4 Å². The highest BCUT2D eigenvalue weighted by atomic mass is 35.5. The number of carbonyl (C=O) groups excluding carboxylic acids is 1. The lowest BCUT2D eigenvalue weighted by Gasteiger charge is -2.15. The summed E-state index contributed by atoms with van der Waals surface area (Å²) >= 11 is 6.05. The van der Waals surface area contributed by atoms with Crippen molar-refractivity contribution in [3.05, 3.63) is 109 Å². The van der Waals surface area contributed by atoms with Crippen molar-refractivity contribution in [1.29, 1.82) is 0 Å². The van der Waals surface area contributed by atoms with E-state index in [1.54, 1.807) is 43.3 Å². The molecule has 0 aliphatic rings. The van der Waals surface area contributed by atoms with E-state index < -0.39 is 35.4 Å².